The highest BCUT2D eigenvalue weighted by Gasteiger charge is 2.02. The van der Waals surface area contributed by atoms with Crippen LogP contribution < -0.4 is 10.6 Å². The molecule has 106 valence electrons. The first kappa shape index (κ1) is 14.0. The predicted molar refractivity (Wildman–Crippen MR) is 73.3 cm³/mol. The number of urea groups is 1. The van der Waals surface area contributed by atoms with Crippen molar-refractivity contribution in [3.63, 3.8) is 0 Å². The maximum Gasteiger partial charge on any atom is 0.315 e. The molecule has 0 aliphatic carbocycles. The molecule has 0 radical (unpaired) electrons. The normalized spacial score (nSPS) is 11.9. The molecule has 0 saturated carbocycles. The molecule has 0 unspecified atom stereocenters. The lowest BCUT2D eigenvalue weighted by atomic mass is 10.2. The minimum Gasteiger partial charge on any atom is -0.392 e. The van der Waals surface area contributed by atoms with Crippen molar-refractivity contribution in [3.05, 3.63) is 42.5 Å². The van der Waals surface area contributed by atoms with Crippen LogP contribution in [0.5, 0.6) is 0 Å². The van der Waals surface area contributed by atoms with Gasteiger partial charge in [0.2, 0.25) is 0 Å². The minimum absolute atomic E-state index is 0.233. The molecule has 0 saturated heterocycles. The first-order valence-electron chi connectivity index (χ1n) is 6.29. The maximum atomic E-state index is 11.4. The number of carbonyl (C=O) groups is 1. The third-order valence-electron chi connectivity index (χ3n) is 2.63. The molecule has 2 aromatic rings. The van der Waals surface area contributed by atoms with E-state index in [1.165, 1.54) is 6.33 Å². The summed E-state index contributed by atoms with van der Waals surface area (Å²) in [5.74, 6) is 0. The summed E-state index contributed by atoms with van der Waals surface area (Å²) in [5, 5.41) is 18.4. The molecule has 20 heavy (non-hydrogen) atoms. The largest absolute Gasteiger partial charge is 0.392 e. The highest BCUT2D eigenvalue weighted by Crippen LogP contribution is 2.07. The Hall–Kier alpha value is -2.41. The van der Waals surface area contributed by atoms with Crippen molar-refractivity contribution in [1.29, 1.82) is 0 Å². The molecule has 7 heteroatoms. The van der Waals surface area contributed by atoms with Gasteiger partial charge in [0.25, 0.3) is 0 Å². The Morgan fingerprint density at radius 2 is 2.10 bits per heavy atom. The van der Waals surface area contributed by atoms with Gasteiger partial charge in [0.15, 0.2) is 0 Å². The molecule has 1 atom stereocenters. The summed E-state index contributed by atoms with van der Waals surface area (Å²) in [6.07, 6.45) is 2.54. The quantitative estimate of drug-likeness (QED) is 0.738. The second-order valence-electron chi connectivity index (χ2n) is 4.42. The zero-order valence-corrected chi connectivity index (χ0v) is 11.2. The van der Waals surface area contributed by atoms with Gasteiger partial charge in [0.05, 0.1) is 11.8 Å². The van der Waals surface area contributed by atoms with Crippen molar-refractivity contribution in [3.8, 4) is 5.69 Å². The highest BCUT2D eigenvalue weighted by molar-refractivity contribution is 5.73. The molecule has 2 rings (SSSR count). The molecule has 0 bridgehead atoms. The third-order valence-corrected chi connectivity index (χ3v) is 2.63. The minimum atomic E-state index is -0.553. The van der Waals surface area contributed by atoms with Crippen LogP contribution in [0.2, 0.25) is 0 Å². The number of hydrogen-bond donors (Lipinski definition) is 3. The number of amides is 2. The average molecular weight is 275 g/mol. The standard InChI is InChI=1S/C13H17N5O2/c1-10(19)6-15-13(20)16-7-11-2-4-12(5-3-11)18-9-14-8-17-18/h2-5,8-10,19H,6-7H2,1H3,(H2,15,16,20)/t10-/m1/s1. The topological polar surface area (TPSA) is 92.1 Å². The van der Waals surface area contributed by atoms with Gasteiger partial charge >= 0.3 is 6.03 Å². The van der Waals surface area contributed by atoms with Crippen molar-refractivity contribution >= 4 is 6.03 Å². The van der Waals surface area contributed by atoms with Gasteiger partial charge in [-0.3, -0.25) is 0 Å². The van der Waals surface area contributed by atoms with Crippen LogP contribution >= 0.6 is 0 Å². The molecule has 0 fully saturated rings. The van der Waals surface area contributed by atoms with Gasteiger partial charge in [-0.25, -0.2) is 14.5 Å². The van der Waals surface area contributed by atoms with Gasteiger partial charge in [-0.1, -0.05) is 12.1 Å². The lowest BCUT2D eigenvalue weighted by Crippen LogP contribution is -2.38. The van der Waals surface area contributed by atoms with E-state index in [1.807, 2.05) is 24.3 Å². The molecule has 2 amide bonds. The summed E-state index contributed by atoms with van der Waals surface area (Å²) in [7, 11) is 0. The van der Waals surface area contributed by atoms with E-state index < -0.39 is 6.10 Å². The van der Waals surface area contributed by atoms with Gasteiger partial charge in [-0.05, 0) is 24.6 Å². The average Bonchev–Trinajstić information content (AvgIpc) is 2.97. The summed E-state index contributed by atoms with van der Waals surface area (Å²) < 4.78 is 1.66. The van der Waals surface area contributed by atoms with Crippen molar-refractivity contribution in [1.82, 2.24) is 25.4 Å². The molecule has 1 aromatic heterocycles. The monoisotopic (exact) mass is 275 g/mol. The van der Waals surface area contributed by atoms with Crippen LogP contribution in [0.4, 0.5) is 4.79 Å². The summed E-state index contributed by atoms with van der Waals surface area (Å²) in [6.45, 7) is 2.27. The molecule has 0 aliphatic heterocycles. The smallest absolute Gasteiger partial charge is 0.315 e. The third kappa shape index (κ3) is 4.06. The van der Waals surface area contributed by atoms with Crippen LogP contribution in [0.3, 0.4) is 0 Å². The van der Waals surface area contributed by atoms with Crippen LogP contribution in [0.15, 0.2) is 36.9 Å². The molecule has 0 aliphatic rings. The van der Waals surface area contributed by atoms with Crippen LogP contribution in [0.1, 0.15) is 12.5 Å². The van der Waals surface area contributed by atoms with Gasteiger partial charge in [-0.15, -0.1) is 0 Å². The summed E-state index contributed by atoms with van der Waals surface area (Å²) in [6, 6.07) is 7.32. The van der Waals surface area contributed by atoms with Crippen LogP contribution in [-0.4, -0.2) is 38.6 Å². The van der Waals surface area contributed by atoms with E-state index in [1.54, 1.807) is 17.9 Å². The Balaban J connectivity index is 1.84. The fourth-order valence-electron chi connectivity index (χ4n) is 1.59. The second kappa shape index (κ2) is 6.67. The number of benzene rings is 1. The Kier molecular flexibility index (Phi) is 4.67. The van der Waals surface area contributed by atoms with Crippen LogP contribution in [-0.2, 0) is 6.54 Å². The Morgan fingerprint density at radius 1 is 1.35 bits per heavy atom. The SMILES string of the molecule is C[C@@H](O)CNC(=O)NCc1ccc(-n2cncn2)cc1. The number of nitrogens with zero attached hydrogens (tertiary/aromatic N) is 3. The van der Waals surface area contributed by atoms with Crippen molar-refractivity contribution < 1.29 is 9.90 Å². The van der Waals surface area contributed by atoms with Gasteiger partial charge in [-0.2, -0.15) is 5.10 Å². The summed E-state index contributed by atoms with van der Waals surface area (Å²) in [5.41, 5.74) is 1.88. The van der Waals surface area contributed by atoms with E-state index in [4.69, 9.17) is 5.11 Å². The first-order valence-corrected chi connectivity index (χ1v) is 6.29. The highest BCUT2D eigenvalue weighted by atomic mass is 16.3. The number of aliphatic hydroxyl groups excluding tert-OH is 1. The zero-order chi connectivity index (χ0) is 14.4. The van der Waals surface area contributed by atoms with Crippen molar-refractivity contribution in [2.24, 2.45) is 0 Å². The summed E-state index contributed by atoms with van der Waals surface area (Å²) in [4.78, 5) is 15.3. The van der Waals surface area contributed by atoms with Gasteiger partial charge in [0, 0.05) is 13.1 Å². The molecule has 0 spiro atoms. The number of carbonyl (C=O) groups excluding carboxylic acids is 1. The van der Waals surface area contributed by atoms with E-state index in [2.05, 4.69) is 20.7 Å². The van der Waals surface area contributed by atoms with E-state index in [-0.39, 0.29) is 12.6 Å². The number of aromatic nitrogens is 3. The van der Waals surface area contributed by atoms with Crippen molar-refractivity contribution in [2.75, 3.05) is 6.54 Å². The fourth-order valence-corrected chi connectivity index (χ4v) is 1.59. The molecule has 1 aromatic carbocycles. The predicted octanol–water partition coefficient (Wildman–Crippen LogP) is 0.447. The zero-order valence-electron chi connectivity index (χ0n) is 11.2. The maximum absolute atomic E-state index is 11.4. The van der Waals surface area contributed by atoms with E-state index in [0.717, 1.165) is 11.3 Å². The van der Waals surface area contributed by atoms with Gasteiger partial charge in [0.1, 0.15) is 12.7 Å². The molecule has 3 N–H and O–H groups in total. The molecular formula is C13H17N5O2. The fraction of sp³-hybridized carbons (Fsp3) is 0.308. The summed E-state index contributed by atoms with van der Waals surface area (Å²) >= 11 is 0. The van der Waals surface area contributed by atoms with Crippen LogP contribution in [0.25, 0.3) is 5.69 Å². The van der Waals surface area contributed by atoms with E-state index in [9.17, 15) is 4.79 Å². The Labute approximate surface area is 116 Å². The van der Waals surface area contributed by atoms with Gasteiger partial charge < -0.3 is 15.7 Å². The van der Waals surface area contributed by atoms with E-state index >= 15 is 0 Å². The molecule has 1 heterocycles. The van der Waals surface area contributed by atoms with E-state index in [0.29, 0.717) is 6.54 Å². The molecule has 7 nitrogen and oxygen atoms in total. The number of nitrogens with one attached hydrogen (secondary N) is 2. The lowest BCUT2D eigenvalue weighted by Gasteiger charge is -2.09. The first-order chi connectivity index (χ1) is 9.65. The lowest BCUT2D eigenvalue weighted by molar-refractivity contribution is 0.187. The number of aliphatic hydroxyl groups is 1. The Bertz CT molecular complexity index is 536. The number of rotatable bonds is 5. The van der Waals surface area contributed by atoms with Crippen molar-refractivity contribution in [2.45, 2.75) is 19.6 Å². The Morgan fingerprint density at radius 3 is 2.70 bits per heavy atom. The number of hydrogen-bond acceptors (Lipinski definition) is 4. The van der Waals surface area contributed by atoms with Crippen LogP contribution in [0, 0.1) is 0 Å². The molecular weight excluding hydrogens is 258 g/mol. The second-order valence-corrected chi connectivity index (χ2v) is 4.42.